The van der Waals surface area contributed by atoms with E-state index in [2.05, 4.69) is 22.8 Å². The molecule has 1 aliphatic heterocycles. The smallest absolute Gasteiger partial charge is 0.251 e. The molecule has 1 saturated carbocycles. The molecule has 3 nitrogen and oxygen atoms in total. The van der Waals surface area contributed by atoms with Gasteiger partial charge in [0.05, 0.1) is 0 Å². The van der Waals surface area contributed by atoms with Crippen LogP contribution in [0.2, 0.25) is 0 Å². The van der Waals surface area contributed by atoms with E-state index >= 15 is 0 Å². The molecule has 0 aromatic heterocycles. The molecule has 1 aromatic rings. The third kappa shape index (κ3) is 2.95. The van der Waals surface area contributed by atoms with Crippen molar-refractivity contribution in [3.63, 3.8) is 0 Å². The van der Waals surface area contributed by atoms with Gasteiger partial charge in [0.1, 0.15) is 0 Å². The van der Waals surface area contributed by atoms with Crippen molar-refractivity contribution < 1.29 is 4.79 Å². The van der Waals surface area contributed by atoms with Crippen molar-refractivity contribution in [2.45, 2.75) is 43.2 Å². The fourth-order valence-electron chi connectivity index (χ4n) is 2.79. The molecule has 2 aliphatic rings. The van der Waals surface area contributed by atoms with Gasteiger partial charge in [-0.2, -0.15) is 0 Å². The first-order chi connectivity index (χ1) is 9.13. The van der Waals surface area contributed by atoms with E-state index in [0.717, 1.165) is 41.6 Å². The summed E-state index contributed by atoms with van der Waals surface area (Å²) >= 11 is 4.31. The van der Waals surface area contributed by atoms with Crippen molar-refractivity contribution in [3.8, 4) is 0 Å². The monoisotopic (exact) mass is 276 g/mol. The highest BCUT2D eigenvalue weighted by molar-refractivity contribution is 7.80. The van der Waals surface area contributed by atoms with Gasteiger partial charge in [-0.1, -0.05) is 6.07 Å². The molecule has 1 amide bonds. The van der Waals surface area contributed by atoms with Crippen molar-refractivity contribution in [1.82, 2.24) is 10.2 Å². The first-order valence-corrected chi connectivity index (χ1v) is 7.43. The summed E-state index contributed by atoms with van der Waals surface area (Å²) in [6.07, 6.45) is 3.74. The highest BCUT2D eigenvalue weighted by Crippen LogP contribution is 2.29. The van der Waals surface area contributed by atoms with Gasteiger partial charge in [0, 0.05) is 35.6 Å². The van der Waals surface area contributed by atoms with Gasteiger partial charge >= 0.3 is 0 Å². The number of nitrogens with one attached hydrogen (secondary N) is 1. The molecule has 0 radical (unpaired) electrons. The zero-order chi connectivity index (χ0) is 13.4. The van der Waals surface area contributed by atoms with Crippen LogP contribution in [-0.4, -0.2) is 36.0 Å². The number of nitrogens with zero attached hydrogens (tertiary/aromatic N) is 1. The topological polar surface area (TPSA) is 32.3 Å². The molecule has 1 saturated heterocycles. The Labute approximate surface area is 119 Å². The SMILES string of the molecule is Cc1ccc(S)cc1C(=O)NC1CCN(C2CC2)C1. The Morgan fingerprint density at radius 3 is 2.89 bits per heavy atom. The highest BCUT2D eigenvalue weighted by atomic mass is 32.1. The minimum Gasteiger partial charge on any atom is -0.348 e. The lowest BCUT2D eigenvalue weighted by Gasteiger charge is -2.16. The molecule has 2 fully saturated rings. The number of carbonyl (C=O) groups excluding carboxylic acids is 1. The zero-order valence-corrected chi connectivity index (χ0v) is 12.1. The Hall–Kier alpha value is -1.00. The molecular formula is C15H20N2OS. The van der Waals surface area contributed by atoms with Crippen molar-refractivity contribution in [2.75, 3.05) is 13.1 Å². The van der Waals surface area contributed by atoms with Crippen LogP contribution in [-0.2, 0) is 0 Å². The van der Waals surface area contributed by atoms with Gasteiger partial charge in [0.2, 0.25) is 0 Å². The average Bonchev–Trinajstić information content (AvgIpc) is 3.13. The summed E-state index contributed by atoms with van der Waals surface area (Å²) in [5, 5.41) is 3.16. The summed E-state index contributed by atoms with van der Waals surface area (Å²) in [6.45, 7) is 4.10. The van der Waals surface area contributed by atoms with Crippen molar-refractivity contribution in [3.05, 3.63) is 29.3 Å². The van der Waals surface area contributed by atoms with E-state index in [0.29, 0.717) is 6.04 Å². The summed E-state index contributed by atoms with van der Waals surface area (Å²) in [4.78, 5) is 15.6. The van der Waals surface area contributed by atoms with Gasteiger partial charge in [-0.3, -0.25) is 9.69 Å². The standard InChI is InChI=1S/C15H20N2OS/c1-10-2-5-13(19)8-14(10)15(18)16-11-6-7-17(9-11)12-3-4-12/h2,5,8,11-12,19H,3-4,6-7,9H2,1H3,(H,16,18). The summed E-state index contributed by atoms with van der Waals surface area (Å²) in [7, 11) is 0. The van der Waals surface area contributed by atoms with E-state index < -0.39 is 0 Å². The fraction of sp³-hybridized carbons (Fsp3) is 0.533. The maximum Gasteiger partial charge on any atom is 0.251 e. The quantitative estimate of drug-likeness (QED) is 0.830. The van der Waals surface area contributed by atoms with Crippen LogP contribution in [0.25, 0.3) is 0 Å². The fourth-order valence-corrected chi connectivity index (χ4v) is 3.00. The average molecular weight is 276 g/mol. The van der Waals surface area contributed by atoms with Gasteiger partial charge in [-0.05, 0) is 43.9 Å². The Morgan fingerprint density at radius 1 is 1.37 bits per heavy atom. The third-order valence-corrected chi connectivity index (χ3v) is 4.36. The van der Waals surface area contributed by atoms with Crippen LogP contribution in [0.5, 0.6) is 0 Å². The number of hydrogen-bond donors (Lipinski definition) is 2. The van der Waals surface area contributed by atoms with E-state index in [1.54, 1.807) is 0 Å². The predicted octanol–water partition coefficient (Wildman–Crippen LogP) is 2.25. The molecule has 0 spiro atoms. The number of benzene rings is 1. The predicted molar refractivity (Wildman–Crippen MR) is 78.9 cm³/mol. The molecule has 1 heterocycles. The van der Waals surface area contributed by atoms with Crippen LogP contribution < -0.4 is 5.32 Å². The van der Waals surface area contributed by atoms with E-state index in [9.17, 15) is 4.79 Å². The number of hydrogen-bond acceptors (Lipinski definition) is 3. The first-order valence-electron chi connectivity index (χ1n) is 6.98. The number of amides is 1. The van der Waals surface area contributed by atoms with E-state index in [1.807, 2.05) is 25.1 Å². The van der Waals surface area contributed by atoms with Crippen LogP contribution in [0.15, 0.2) is 23.1 Å². The second-order valence-corrected chi connectivity index (χ2v) is 6.20. The number of likely N-dealkylation sites (tertiary alicyclic amines) is 1. The van der Waals surface area contributed by atoms with Crippen LogP contribution in [0.1, 0.15) is 35.2 Å². The lowest BCUT2D eigenvalue weighted by Crippen LogP contribution is -2.37. The van der Waals surface area contributed by atoms with Gasteiger partial charge in [0.25, 0.3) is 5.91 Å². The second kappa shape index (κ2) is 5.17. The van der Waals surface area contributed by atoms with E-state index in [-0.39, 0.29) is 5.91 Å². The number of thiol groups is 1. The summed E-state index contributed by atoms with van der Waals surface area (Å²) in [6, 6.07) is 6.81. The molecule has 0 bridgehead atoms. The Morgan fingerprint density at radius 2 is 2.16 bits per heavy atom. The molecule has 19 heavy (non-hydrogen) atoms. The largest absolute Gasteiger partial charge is 0.348 e. The van der Waals surface area contributed by atoms with Gasteiger partial charge in [0.15, 0.2) is 0 Å². The summed E-state index contributed by atoms with van der Waals surface area (Å²) in [5.41, 5.74) is 1.75. The molecule has 102 valence electrons. The lowest BCUT2D eigenvalue weighted by atomic mass is 10.1. The molecule has 1 atom stereocenters. The van der Waals surface area contributed by atoms with Crippen LogP contribution >= 0.6 is 12.6 Å². The molecular weight excluding hydrogens is 256 g/mol. The van der Waals surface area contributed by atoms with Crippen LogP contribution in [0.3, 0.4) is 0 Å². The molecule has 1 aromatic carbocycles. The maximum absolute atomic E-state index is 12.3. The van der Waals surface area contributed by atoms with Crippen molar-refractivity contribution >= 4 is 18.5 Å². The lowest BCUT2D eigenvalue weighted by molar-refractivity contribution is 0.0936. The van der Waals surface area contributed by atoms with Gasteiger partial charge in [-0.15, -0.1) is 12.6 Å². The zero-order valence-electron chi connectivity index (χ0n) is 11.2. The Kier molecular flexibility index (Phi) is 3.54. The third-order valence-electron chi connectivity index (χ3n) is 4.08. The van der Waals surface area contributed by atoms with Crippen molar-refractivity contribution in [2.24, 2.45) is 0 Å². The van der Waals surface area contributed by atoms with Gasteiger partial charge < -0.3 is 5.32 Å². The van der Waals surface area contributed by atoms with Crippen LogP contribution in [0.4, 0.5) is 0 Å². The minimum atomic E-state index is 0.0380. The molecule has 3 rings (SSSR count). The van der Waals surface area contributed by atoms with Crippen LogP contribution in [0, 0.1) is 6.92 Å². The Bertz CT molecular complexity index is 499. The van der Waals surface area contributed by atoms with E-state index in [4.69, 9.17) is 0 Å². The van der Waals surface area contributed by atoms with Crippen molar-refractivity contribution in [1.29, 1.82) is 0 Å². The molecule has 1 aliphatic carbocycles. The minimum absolute atomic E-state index is 0.0380. The summed E-state index contributed by atoms with van der Waals surface area (Å²) < 4.78 is 0. The second-order valence-electron chi connectivity index (χ2n) is 5.68. The van der Waals surface area contributed by atoms with E-state index in [1.165, 1.54) is 12.8 Å². The van der Waals surface area contributed by atoms with Gasteiger partial charge in [-0.25, -0.2) is 0 Å². The maximum atomic E-state index is 12.3. The molecule has 4 heteroatoms. The molecule has 1 N–H and O–H groups in total. The molecule has 1 unspecified atom stereocenters. The number of aryl methyl sites for hydroxylation is 1. The number of rotatable bonds is 3. The highest BCUT2D eigenvalue weighted by Gasteiger charge is 2.34. The first kappa shape index (κ1) is 13.0. The normalized spacial score (nSPS) is 23.6. The number of carbonyl (C=O) groups is 1. The Balaban J connectivity index is 1.63. The summed E-state index contributed by atoms with van der Waals surface area (Å²) in [5.74, 6) is 0.0380.